The zero-order chi connectivity index (χ0) is 21.0. The average Bonchev–Trinajstić information content (AvgIpc) is 3.00. The number of nitrogens with two attached hydrogens (primary N) is 1. The molecule has 2 aromatic carbocycles. The van der Waals surface area contributed by atoms with Crippen LogP contribution in [0, 0.1) is 0 Å². The quantitative estimate of drug-likeness (QED) is 0.458. The number of aryl methyl sites for hydroxylation is 1. The minimum absolute atomic E-state index is 0.0223. The molecule has 0 spiro atoms. The molecule has 0 aliphatic rings. The number of aromatic nitrogens is 2. The standard InChI is InChI=1S/C19H21BrN4O3S2/c1-2-3-9-24-17-8-7-15(29(21,26)27)11-16(17)23-19(24)28-12-18(25)22-14-6-4-5-13(20)10-14/h4-8,10-11H,2-3,9,12H2,1H3,(H,22,25)(H2,21,26,27). The van der Waals surface area contributed by atoms with Gasteiger partial charge in [0.25, 0.3) is 0 Å². The van der Waals surface area contributed by atoms with E-state index < -0.39 is 10.0 Å². The van der Waals surface area contributed by atoms with Gasteiger partial charge in [0.05, 0.1) is 21.7 Å². The van der Waals surface area contributed by atoms with Gasteiger partial charge >= 0.3 is 0 Å². The van der Waals surface area contributed by atoms with Gasteiger partial charge in [0.1, 0.15) is 0 Å². The number of rotatable bonds is 8. The fraction of sp³-hybridized carbons (Fsp3) is 0.263. The highest BCUT2D eigenvalue weighted by atomic mass is 79.9. The lowest BCUT2D eigenvalue weighted by molar-refractivity contribution is -0.113. The summed E-state index contributed by atoms with van der Waals surface area (Å²) in [6, 6.07) is 12.0. The van der Waals surface area contributed by atoms with E-state index in [1.165, 1.54) is 23.9 Å². The molecule has 3 aromatic rings. The van der Waals surface area contributed by atoms with Crippen LogP contribution < -0.4 is 10.5 Å². The Morgan fingerprint density at radius 1 is 1.28 bits per heavy atom. The summed E-state index contributed by atoms with van der Waals surface area (Å²) in [5.74, 6) is 0.0386. The molecule has 0 saturated carbocycles. The molecule has 3 N–H and O–H groups in total. The van der Waals surface area contributed by atoms with Crippen LogP contribution in [0.15, 0.2) is 57.0 Å². The molecule has 29 heavy (non-hydrogen) atoms. The molecule has 0 unspecified atom stereocenters. The Bertz CT molecular complexity index is 1150. The third-order valence-corrected chi connectivity index (χ3v) is 6.57. The van der Waals surface area contributed by atoms with Gasteiger partial charge in [0, 0.05) is 16.7 Å². The lowest BCUT2D eigenvalue weighted by atomic mass is 10.3. The van der Waals surface area contributed by atoms with Crippen LogP contribution in [0.3, 0.4) is 0 Å². The summed E-state index contributed by atoms with van der Waals surface area (Å²) in [4.78, 5) is 16.9. The molecule has 0 aliphatic carbocycles. The lowest BCUT2D eigenvalue weighted by Crippen LogP contribution is -2.14. The van der Waals surface area contributed by atoms with Gasteiger partial charge in [-0.1, -0.05) is 47.1 Å². The number of sulfonamides is 1. The number of anilines is 1. The van der Waals surface area contributed by atoms with Crippen molar-refractivity contribution >= 4 is 60.3 Å². The van der Waals surface area contributed by atoms with Gasteiger partial charge in [-0.25, -0.2) is 18.5 Å². The highest BCUT2D eigenvalue weighted by Crippen LogP contribution is 2.27. The first kappa shape index (κ1) is 21.8. The Kier molecular flexibility index (Phi) is 6.99. The minimum Gasteiger partial charge on any atom is -0.325 e. The molecule has 0 radical (unpaired) electrons. The molecule has 0 fully saturated rings. The molecule has 1 heterocycles. The van der Waals surface area contributed by atoms with Gasteiger partial charge in [0.15, 0.2) is 5.16 Å². The molecule has 1 aromatic heterocycles. The summed E-state index contributed by atoms with van der Waals surface area (Å²) in [7, 11) is -3.80. The fourth-order valence-electron chi connectivity index (χ4n) is 2.80. The van der Waals surface area contributed by atoms with Crippen molar-refractivity contribution in [3.63, 3.8) is 0 Å². The highest BCUT2D eigenvalue weighted by Gasteiger charge is 2.16. The maximum atomic E-state index is 12.3. The topological polar surface area (TPSA) is 107 Å². The number of primary sulfonamides is 1. The molecule has 10 heteroatoms. The Hall–Kier alpha value is -1.88. The SMILES string of the molecule is CCCCn1c(SCC(=O)Nc2cccc(Br)c2)nc2cc(S(N)(=O)=O)ccc21. The van der Waals surface area contributed by atoms with Gasteiger partial charge in [-0.15, -0.1) is 0 Å². The van der Waals surface area contributed by atoms with Gasteiger partial charge in [-0.3, -0.25) is 4.79 Å². The summed E-state index contributed by atoms with van der Waals surface area (Å²) in [6.45, 7) is 2.83. The second-order valence-electron chi connectivity index (χ2n) is 6.44. The van der Waals surface area contributed by atoms with Crippen molar-refractivity contribution in [1.82, 2.24) is 9.55 Å². The predicted octanol–water partition coefficient (Wildman–Crippen LogP) is 3.98. The second kappa shape index (κ2) is 9.29. The Labute approximate surface area is 182 Å². The maximum Gasteiger partial charge on any atom is 0.238 e. The third-order valence-electron chi connectivity index (χ3n) is 4.19. The number of halogens is 1. The molecule has 0 bridgehead atoms. The average molecular weight is 497 g/mol. The molecular formula is C19H21BrN4O3S2. The monoisotopic (exact) mass is 496 g/mol. The summed E-state index contributed by atoms with van der Waals surface area (Å²) < 4.78 is 26.2. The van der Waals surface area contributed by atoms with Crippen molar-refractivity contribution in [3.8, 4) is 0 Å². The van der Waals surface area contributed by atoms with Crippen LogP contribution in [-0.4, -0.2) is 29.6 Å². The van der Waals surface area contributed by atoms with Crippen LogP contribution in [0.5, 0.6) is 0 Å². The van der Waals surface area contributed by atoms with E-state index in [0.717, 1.165) is 29.4 Å². The summed E-state index contributed by atoms with van der Waals surface area (Å²) >= 11 is 4.69. The van der Waals surface area contributed by atoms with Gasteiger partial charge in [-0.2, -0.15) is 0 Å². The number of hydrogen-bond donors (Lipinski definition) is 2. The molecule has 0 aliphatic heterocycles. The molecule has 0 atom stereocenters. The van der Waals surface area contributed by atoms with Crippen molar-refractivity contribution in [1.29, 1.82) is 0 Å². The zero-order valence-corrected chi connectivity index (χ0v) is 19.0. The lowest BCUT2D eigenvalue weighted by Gasteiger charge is -2.09. The second-order valence-corrected chi connectivity index (χ2v) is 9.86. The number of hydrogen-bond acceptors (Lipinski definition) is 5. The highest BCUT2D eigenvalue weighted by molar-refractivity contribution is 9.10. The normalized spacial score (nSPS) is 11.7. The predicted molar refractivity (Wildman–Crippen MR) is 120 cm³/mol. The maximum absolute atomic E-state index is 12.3. The Balaban J connectivity index is 1.82. The summed E-state index contributed by atoms with van der Waals surface area (Å²) in [5.41, 5.74) is 2.07. The Morgan fingerprint density at radius 2 is 2.07 bits per heavy atom. The molecule has 7 nitrogen and oxygen atoms in total. The molecule has 3 rings (SSSR count). The van der Waals surface area contributed by atoms with E-state index >= 15 is 0 Å². The van der Waals surface area contributed by atoms with Gasteiger partial charge < -0.3 is 9.88 Å². The van der Waals surface area contributed by atoms with E-state index in [1.807, 2.05) is 28.8 Å². The molecular weight excluding hydrogens is 476 g/mol. The van der Waals surface area contributed by atoms with E-state index in [2.05, 4.69) is 33.2 Å². The molecule has 1 amide bonds. The summed E-state index contributed by atoms with van der Waals surface area (Å²) in [6.07, 6.45) is 1.95. The van der Waals surface area contributed by atoms with Crippen molar-refractivity contribution in [2.24, 2.45) is 5.14 Å². The van der Waals surface area contributed by atoms with E-state index in [4.69, 9.17) is 5.14 Å². The van der Waals surface area contributed by atoms with Crippen LogP contribution >= 0.6 is 27.7 Å². The molecule has 0 saturated heterocycles. The largest absolute Gasteiger partial charge is 0.325 e. The number of carbonyl (C=O) groups is 1. The van der Waals surface area contributed by atoms with Crippen LogP contribution in [-0.2, 0) is 21.4 Å². The zero-order valence-electron chi connectivity index (χ0n) is 15.8. The van der Waals surface area contributed by atoms with Crippen molar-refractivity contribution < 1.29 is 13.2 Å². The fourth-order valence-corrected chi connectivity index (χ4v) is 4.57. The van der Waals surface area contributed by atoms with Gasteiger partial charge in [-0.05, 0) is 42.8 Å². The smallest absolute Gasteiger partial charge is 0.238 e. The first-order valence-electron chi connectivity index (χ1n) is 8.99. The first-order valence-corrected chi connectivity index (χ1v) is 12.3. The first-order chi connectivity index (χ1) is 13.8. The number of unbranched alkanes of at least 4 members (excludes halogenated alkanes) is 1. The minimum atomic E-state index is -3.80. The van der Waals surface area contributed by atoms with Crippen molar-refractivity contribution in [3.05, 3.63) is 46.9 Å². The van der Waals surface area contributed by atoms with Crippen molar-refractivity contribution in [2.75, 3.05) is 11.1 Å². The van der Waals surface area contributed by atoms with Crippen LogP contribution in [0.2, 0.25) is 0 Å². The number of imidazole rings is 1. The summed E-state index contributed by atoms with van der Waals surface area (Å²) in [5, 5.41) is 8.76. The molecule has 154 valence electrons. The van der Waals surface area contributed by atoms with E-state index in [-0.39, 0.29) is 16.6 Å². The number of fused-ring (bicyclic) bond motifs is 1. The number of nitrogens with zero attached hydrogens (tertiary/aromatic N) is 2. The van der Waals surface area contributed by atoms with Crippen molar-refractivity contribution in [2.45, 2.75) is 36.4 Å². The van der Waals surface area contributed by atoms with Crippen LogP contribution in [0.4, 0.5) is 5.69 Å². The van der Waals surface area contributed by atoms with Gasteiger partial charge in [0.2, 0.25) is 15.9 Å². The van der Waals surface area contributed by atoms with Crippen LogP contribution in [0.1, 0.15) is 19.8 Å². The van der Waals surface area contributed by atoms with E-state index in [0.29, 0.717) is 16.4 Å². The third kappa shape index (κ3) is 5.59. The number of nitrogens with one attached hydrogen (secondary N) is 1. The number of benzene rings is 2. The number of thioether (sulfide) groups is 1. The Morgan fingerprint density at radius 3 is 2.76 bits per heavy atom. The van der Waals surface area contributed by atoms with E-state index in [9.17, 15) is 13.2 Å². The number of amides is 1. The number of carbonyl (C=O) groups excluding carboxylic acids is 1. The van der Waals surface area contributed by atoms with E-state index in [1.54, 1.807) is 6.07 Å². The van der Waals surface area contributed by atoms with Crippen LogP contribution in [0.25, 0.3) is 11.0 Å².